The van der Waals surface area contributed by atoms with Crippen molar-refractivity contribution in [2.75, 3.05) is 18.6 Å². The summed E-state index contributed by atoms with van der Waals surface area (Å²) in [5.41, 5.74) is 3.00. The van der Waals surface area contributed by atoms with E-state index in [-0.39, 0.29) is 41.5 Å². The Balaban J connectivity index is 2.60. The fourth-order valence-corrected chi connectivity index (χ4v) is 6.09. The second-order valence-corrected chi connectivity index (χ2v) is 14.5. The van der Waals surface area contributed by atoms with Crippen molar-refractivity contribution in [2.45, 2.75) is 80.4 Å². The van der Waals surface area contributed by atoms with E-state index in [1.807, 2.05) is 78.2 Å². The van der Waals surface area contributed by atoms with Gasteiger partial charge in [0.1, 0.15) is 11.9 Å². The van der Waals surface area contributed by atoms with E-state index in [0.717, 1.165) is 28.9 Å². The molecule has 0 spiro atoms. The summed E-state index contributed by atoms with van der Waals surface area (Å²) in [7, 11) is 3.37. The Hall–Kier alpha value is -2.29. The number of ketones is 1. The van der Waals surface area contributed by atoms with E-state index in [1.54, 1.807) is 34.6 Å². The van der Waals surface area contributed by atoms with Crippen molar-refractivity contribution in [3.8, 4) is 0 Å². The largest absolute Gasteiger partial charge is 0.454 e. The van der Waals surface area contributed by atoms with Gasteiger partial charge in [0.15, 0.2) is 0 Å². The molecular formula is C35H53NO5S2. The first-order valence-corrected chi connectivity index (χ1v) is 17.9. The second-order valence-electron chi connectivity index (χ2n) is 11.8. The summed E-state index contributed by atoms with van der Waals surface area (Å²) >= 11 is 0. The minimum absolute atomic E-state index is 0.00457. The smallest absolute Gasteiger partial charge is 0.331 e. The molecule has 1 rings (SSSR count). The third-order valence-corrected chi connectivity index (χ3v) is 9.23. The topological polar surface area (TPSA) is 92.7 Å². The minimum atomic E-state index is -0.793. The molecule has 6 nitrogen and oxygen atoms in total. The fraction of sp³-hybridized carbons (Fsp3) is 0.571. The number of esters is 1. The third-order valence-electron chi connectivity index (χ3n) is 7.42. The molecule has 1 amide bonds. The van der Waals surface area contributed by atoms with Crippen molar-refractivity contribution in [1.82, 2.24) is 5.32 Å². The number of carbonyl (C=O) groups is 3. The van der Waals surface area contributed by atoms with Crippen molar-refractivity contribution in [2.24, 2.45) is 29.6 Å². The van der Waals surface area contributed by atoms with Gasteiger partial charge in [-0.2, -0.15) is 0 Å². The number of nitrogens with one attached hydrogen (secondary N) is 1. The van der Waals surface area contributed by atoms with Crippen LogP contribution in [0.5, 0.6) is 0 Å². The van der Waals surface area contributed by atoms with Crippen LogP contribution < -0.4 is 5.32 Å². The Morgan fingerprint density at radius 2 is 1.77 bits per heavy atom. The Kier molecular flexibility index (Phi) is 18.6. The van der Waals surface area contributed by atoms with Crippen LogP contribution in [0.2, 0.25) is 0 Å². The number of carbonyl (C=O) groups excluding carboxylic acids is 3. The predicted octanol–water partition coefficient (Wildman–Crippen LogP) is 7.44. The summed E-state index contributed by atoms with van der Waals surface area (Å²) in [5.74, 6) is -0.0817. The SMILES string of the molecule is CSSCCNC(=O)C=C(C)C[C@H](C)[C@@H](O)[C@H](C)C(=O)[C@H](C)C=C(C)C=CC[C@@H](C)C=C(C)C=C[C@@H]1OC(=O)C=C[C@@H]1C. The molecule has 7 atom stereocenters. The molecule has 1 heterocycles. The molecule has 1 aliphatic rings. The Morgan fingerprint density at radius 1 is 1.09 bits per heavy atom. The van der Waals surface area contributed by atoms with Crippen molar-refractivity contribution >= 4 is 39.2 Å². The molecule has 0 aromatic carbocycles. The Bertz CT molecular complexity index is 1100. The average molecular weight is 632 g/mol. The highest BCUT2D eigenvalue weighted by atomic mass is 33.1. The number of rotatable bonds is 18. The van der Waals surface area contributed by atoms with E-state index in [1.165, 1.54) is 6.08 Å². The lowest BCUT2D eigenvalue weighted by atomic mass is 9.83. The van der Waals surface area contributed by atoms with Crippen LogP contribution in [-0.4, -0.2) is 53.5 Å². The van der Waals surface area contributed by atoms with E-state index in [9.17, 15) is 19.5 Å². The van der Waals surface area contributed by atoms with Crippen molar-refractivity contribution in [3.05, 3.63) is 71.4 Å². The molecule has 240 valence electrons. The molecule has 8 heteroatoms. The van der Waals surface area contributed by atoms with Gasteiger partial charge in [-0.25, -0.2) is 4.79 Å². The zero-order chi connectivity index (χ0) is 32.5. The molecule has 0 radical (unpaired) electrons. The first kappa shape index (κ1) is 38.7. The van der Waals surface area contributed by atoms with E-state index < -0.39 is 12.0 Å². The molecule has 0 aromatic heterocycles. The molecule has 0 unspecified atom stereocenters. The fourth-order valence-electron chi connectivity index (χ4n) is 4.99. The van der Waals surface area contributed by atoms with Crippen molar-refractivity contribution in [3.63, 3.8) is 0 Å². The van der Waals surface area contributed by atoms with Gasteiger partial charge in [0.2, 0.25) is 5.91 Å². The number of ether oxygens (including phenoxy) is 1. The van der Waals surface area contributed by atoms with Gasteiger partial charge >= 0.3 is 5.97 Å². The standard InChI is InChI=1S/C35H53NO5S2/c1-23(19-25(3)13-15-31-27(5)14-16-33(38)41-31)11-10-12-24(2)20-28(6)34(39)30(8)35(40)29(7)21-26(4)22-32(37)36-17-18-43-42-9/h10,12-16,19-20,22-23,27-31,35,40H,11,17-18,21H2,1-9H3,(H,36,37)/t23-,27+,28-,29+,30-,31+,35-/m1/s1. The van der Waals surface area contributed by atoms with E-state index >= 15 is 0 Å². The van der Waals surface area contributed by atoms with Crippen LogP contribution in [0.3, 0.4) is 0 Å². The summed E-state index contributed by atoms with van der Waals surface area (Å²) in [5, 5.41) is 13.8. The molecule has 2 N–H and O–H groups in total. The number of cyclic esters (lactones) is 1. The van der Waals surface area contributed by atoms with Gasteiger partial charge in [0.05, 0.1) is 6.10 Å². The molecule has 0 saturated carbocycles. The number of hydrogen-bond donors (Lipinski definition) is 2. The first-order valence-electron chi connectivity index (χ1n) is 15.2. The zero-order valence-corrected chi connectivity index (χ0v) is 29.1. The molecular weight excluding hydrogens is 579 g/mol. The lowest BCUT2D eigenvalue weighted by molar-refractivity contribution is -0.143. The third kappa shape index (κ3) is 15.8. The summed E-state index contributed by atoms with van der Waals surface area (Å²) in [4.78, 5) is 36.7. The highest BCUT2D eigenvalue weighted by Crippen LogP contribution is 2.24. The van der Waals surface area contributed by atoms with E-state index in [2.05, 4.69) is 24.4 Å². The summed E-state index contributed by atoms with van der Waals surface area (Å²) in [6, 6.07) is 0. The first-order chi connectivity index (χ1) is 20.2. The Labute approximate surface area is 268 Å². The second kappa shape index (κ2) is 20.6. The van der Waals surface area contributed by atoms with Crippen LogP contribution in [0.25, 0.3) is 0 Å². The van der Waals surface area contributed by atoms with E-state index in [4.69, 9.17) is 4.74 Å². The maximum Gasteiger partial charge on any atom is 0.331 e. The summed E-state index contributed by atoms with van der Waals surface area (Å²) in [6.07, 6.45) is 19.6. The highest BCUT2D eigenvalue weighted by molar-refractivity contribution is 8.76. The van der Waals surface area contributed by atoms with Gasteiger partial charge in [-0.15, -0.1) is 0 Å². The Morgan fingerprint density at radius 3 is 2.44 bits per heavy atom. The molecule has 1 aliphatic heterocycles. The predicted molar refractivity (Wildman–Crippen MR) is 184 cm³/mol. The lowest BCUT2D eigenvalue weighted by Gasteiger charge is -2.25. The van der Waals surface area contributed by atoms with Gasteiger partial charge in [0, 0.05) is 42.2 Å². The number of amides is 1. The highest BCUT2D eigenvalue weighted by Gasteiger charge is 2.29. The lowest BCUT2D eigenvalue weighted by Crippen LogP contribution is -2.34. The normalized spacial score (nSPS) is 21.9. The maximum atomic E-state index is 13.1. The summed E-state index contributed by atoms with van der Waals surface area (Å²) < 4.78 is 5.37. The van der Waals surface area contributed by atoms with Gasteiger partial charge in [-0.1, -0.05) is 109 Å². The number of hydrogen-bond acceptors (Lipinski definition) is 7. The molecule has 0 bridgehead atoms. The van der Waals surface area contributed by atoms with Gasteiger partial charge in [-0.05, 0) is 57.8 Å². The van der Waals surface area contributed by atoms with Gasteiger partial charge in [-0.3, -0.25) is 9.59 Å². The molecule has 0 aliphatic carbocycles. The van der Waals surface area contributed by atoms with Gasteiger partial charge < -0.3 is 15.2 Å². The van der Waals surface area contributed by atoms with Crippen molar-refractivity contribution in [1.29, 1.82) is 0 Å². The summed E-state index contributed by atoms with van der Waals surface area (Å²) in [6.45, 7) is 16.3. The van der Waals surface area contributed by atoms with Crippen LogP contribution >= 0.6 is 21.6 Å². The number of Topliss-reactive ketones (excluding diaryl/α,β-unsaturated/α-hetero) is 1. The number of aliphatic hydroxyl groups is 1. The van der Waals surface area contributed by atoms with Crippen LogP contribution in [0.1, 0.15) is 68.2 Å². The molecule has 0 saturated heterocycles. The number of allylic oxidation sites excluding steroid dienone is 8. The van der Waals surface area contributed by atoms with E-state index in [0.29, 0.717) is 18.9 Å². The van der Waals surface area contributed by atoms with Crippen LogP contribution in [0.15, 0.2) is 71.4 Å². The zero-order valence-electron chi connectivity index (χ0n) is 27.5. The molecule has 0 aromatic rings. The monoisotopic (exact) mass is 631 g/mol. The number of aliphatic hydroxyl groups excluding tert-OH is 1. The van der Waals surface area contributed by atoms with Crippen molar-refractivity contribution < 1.29 is 24.2 Å². The van der Waals surface area contributed by atoms with Gasteiger partial charge in [0.25, 0.3) is 0 Å². The van der Waals surface area contributed by atoms with Crippen LogP contribution in [-0.2, 0) is 19.1 Å². The molecule has 43 heavy (non-hydrogen) atoms. The maximum absolute atomic E-state index is 13.1. The van der Waals surface area contributed by atoms with Crippen LogP contribution in [0, 0.1) is 29.6 Å². The minimum Gasteiger partial charge on any atom is -0.454 e. The molecule has 0 fully saturated rings. The average Bonchev–Trinajstić information content (AvgIpc) is 2.94. The van der Waals surface area contributed by atoms with Crippen LogP contribution in [0.4, 0.5) is 0 Å². The quantitative estimate of drug-likeness (QED) is 0.0534.